The van der Waals surface area contributed by atoms with Crippen molar-refractivity contribution in [2.75, 3.05) is 7.11 Å². The Morgan fingerprint density at radius 3 is 2.50 bits per heavy atom. The average molecular weight is 275 g/mol. The molecule has 0 saturated carbocycles. The molecule has 0 aliphatic rings. The van der Waals surface area contributed by atoms with Crippen molar-refractivity contribution in [3.05, 3.63) is 48.0 Å². The Balaban J connectivity index is 2.46. The number of esters is 1. The summed E-state index contributed by atoms with van der Waals surface area (Å²) in [5.41, 5.74) is 1.85. The molecule has 108 valence electrons. The quantitative estimate of drug-likeness (QED) is 0.613. The Morgan fingerprint density at radius 1 is 1.30 bits per heavy atom. The van der Waals surface area contributed by atoms with Crippen molar-refractivity contribution >= 4 is 11.9 Å². The van der Waals surface area contributed by atoms with Gasteiger partial charge in [-0.05, 0) is 18.9 Å². The van der Waals surface area contributed by atoms with Gasteiger partial charge in [-0.25, -0.2) is 0 Å². The maximum atomic E-state index is 11.9. The van der Waals surface area contributed by atoms with E-state index in [1.54, 1.807) is 6.92 Å². The lowest BCUT2D eigenvalue weighted by molar-refractivity contribution is -0.141. The molecular formula is C16H21NO3. The van der Waals surface area contributed by atoms with Gasteiger partial charge in [0.25, 0.3) is 0 Å². The Bertz CT molecular complexity index is 468. The minimum Gasteiger partial charge on any atom is -0.469 e. The fourth-order valence-corrected chi connectivity index (χ4v) is 1.77. The molecule has 0 aliphatic heterocycles. The molecule has 1 unspecified atom stereocenters. The lowest BCUT2D eigenvalue weighted by Gasteiger charge is -2.17. The number of rotatable bonds is 7. The van der Waals surface area contributed by atoms with E-state index < -0.39 is 0 Å². The molecule has 1 aromatic rings. The Kier molecular flexibility index (Phi) is 6.50. The largest absolute Gasteiger partial charge is 0.469 e. The predicted octanol–water partition coefficient (Wildman–Crippen LogP) is 2.24. The van der Waals surface area contributed by atoms with Gasteiger partial charge in [-0.1, -0.05) is 42.5 Å². The summed E-state index contributed by atoms with van der Waals surface area (Å²) >= 11 is 0. The highest BCUT2D eigenvalue weighted by molar-refractivity contribution is 5.78. The molecule has 4 heteroatoms. The molecule has 0 aromatic heterocycles. The van der Waals surface area contributed by atoms with Crippen LogP contribution >= 0.6 is 0 Å². The monoisotopic (exact) mass is 275 g/mol. The van der Waals surface area contributed by atoms with E-state index in [1.807, 2.05) is 30.3 Å². The van der Waals surface area contributed by atoms with Gasteiger partial charge in [-0.15, -0.1) is 0 Å². The molecule has 0 spiro atoms. The first-order valence-electron chi connectivity index (χ1n) is 6.58. The molecule has 0 saturated heterocycles. The summed E-state index contributed by atoms with van der Waals surface area (Å²) in [7, 11) is 1.33. The maximum Gasteiger partial charge on any atom is 0.307 e. The zero-order valence-electron chi connectivity index (χ0n) is 12.0. The van der Waals surface area contributed by atoms with Crippen molar-refractivity contribution in [3.63, 3.8) is 0 Å². The van der Waals surface area contributed by atoms with Crippen LogP contribution in [0.3, 0.4) is 0 Å². The Hall–Kier alpha value is -2.10. The molecule has 0 aliphatic carbocycles. The zero-order chi connectivity index (χ0) is 15.0. The molecule has 20 heavy (non-hydrogen) atoms. The molecule has 1 N–H and O–H groups in total. The molecule has 1 aromatic carbocycles. The van der Waals surface area contributed by atoms with Gasteiger partial charge in [-0.3, -0.25) is 9.59 Å². The normalized spacial score (nSPS) is 11.5. The van der Waals surface area contributed by atoms with Crippen LogP contribution in [0.15, 0.2) is 42.5 Å². The lowest BCUT2D eigenvalue weighted by atomic mass is 10.1. The summed E-state index contributed by atoms with van der Waals surface area (Å²) in [6, 6.07) is 9.43. The van der Waals surface area contributed by atoms with Crippen molar-refractivity contribution in [3.8, 4) is 0 Å². The van der Waals surface area contributed by atoms with Crippen LogP contribution in [0.4, 0.5) is 0 Å². The second-order valence-corrected chi connectivity index (χ2v) is 4.73. The van der Waals surface area contributed by atoms with Gasteiger partial charge in [0.15, 0.2) is 0 Å². The first-order chi connectivity index (χ1) is 9.52. The van der Waals surface area contributed by atoms with Gasteiger partial charge < -0.3 is 10.1 Å². The van der Waals surface area contributed by atoms with E-state index in [-0.39, 0.29) is 24.3 Å². The Morgan fingerprint density at radius 2 is 1.95 bits per heavy atom. The van der Waals surface area contributed by atoms with E-state index >= 15 is 0 Å². The third-order valence-corrected chi connectivity index (χ3v) is 3.01. The third kappa shape index (κ3) is 5.69. The molecule has 0 heterocycles. The van der Waals surface area contributed by atoms with Crippen molar-refractivity contribution in [2.45, 2.75) is 32.2 Å². The van der Waals surface area contributed by atoms with Gasteiger partial charge in [0.1, 0.15) is 0 Å². The molecule has 0 radical (unpaired) electrons. The SMILES string of the molecule is C=C(C)C(CC(=O)OC)NC(=O)CCc1ccccc1. The highest BCUT2D eigenvalue weighted by Gasteiger charge is 2.17. The van der Waals surface area contributed by atoms with Gasteiger partial charge in [0, 0.05) is 6.42 Å². The van der Waals surface area contributed by atoms with Crippen molar-refractivity contribution in [1.82, 2.24) is 5.32 Å². The van der Waals surface area contributed by atoms with Crippen molar-refractivity contribution in [1.29, 1.82) is 0 Å². The number of carbonyl (C=O) groups excluding carboxylic acids is 2. The summed E-state index contributed by atoms with van der Waals surface area (Å²) < 4.78 is 4.61. The van der Waals surface area contributed by atoms with Gasteiger partial charge in [0.2, 0.25) is 5.91 Å². The first kappa shape index (κ1) is 16.0. The maximum absolute atomic E-state index is 11.9. The van der Waals surface area contributed by atoms with E-state index in [1.165, 1.54) is 7.11 Å². The fraction of sp³-hybridized carbons (Fsp3) is 0.375. The highest BCUT2D eigenvalue weighted by Crippen LogP contribution is 2.07. The number of methoxy groups -OCH3 is 1. The van der Waals surface area contributed by atoms with E-state index in [0.717, 1.165) is 11.1 Å². The predicted molar refractivity (Wildman–Crippen MR) is 78.1 cm³/mol. The number of aryl methyl sites for hydroxylation is 1. The molecule has 1 amide bonds. The number of ether oxygens (including phenoxy) is 1. The standard InChI is InChI=1S/C16H21NO3/c1-12(2)14(11-16(19)20-3)17-15(18)10-9-13-7-5-4-6-8-13/h4-8,14H,1,9-11H2,2-3H3,(H,17,18). The minimum absolute atomic E-state index is 0.0919. The lowest BCUT2D eigenvalue weighted by Crippen LogP contribution is -2.37. The van der Waals surface area contributed by atoms with Crippen molar-refractivity contribution in [2.24, 2.45) is 0 Å². The summed E-state index contributed by atoms with van der Waals surface area (Å²) in [6.45, 7) is 5.57. The average Bonchev–Trinajstić information content (AvgIpc) is 2.45. The number of nitrogens with one attached hydrogen (secondary N) is 1. The molecule has 4 nitrogen and oxygen atoms in total. The van der Waals surface area contributed by atoms with Crippen LogP contribution in [0.2, 0.25) is 0 Å². The van der Waals surface area contributed by atoms with Crippen LogP contribution in [0.5, 0.6) is 0 Å². The summed E-state index contributed by atoms with van der Waals surface area (Å²) in [5.74, 6) is -0.452. The summed E-state index contributed by atoms with van der Waals surface area (Å²) in [5, 5.41) is 2.81. The molecular weight excluding hydrogens is 254 g/mol. The van der Waals surface area contributed by atoms with E-state index in [4.69, 9.17) is 0 Å². The van der Waals surface area contributed by atoms with E-state index in [0.29, 0.717) is 12.8 Å². The third-order valence-electron chi connectivity index (χ3n) is 3.01. The fourth-order valence-electron chi connectivity index (χ4n) is 1.77. The Labute approximate surface area is 119 Å². The second kappa shape index (κ2) is 8.15. The van der Waals surface area contributed by atoms with Crippen LogP contribution in [-0.2, 0) is 20.7 Å². The molecule has 0 fully saturated rings. The van der Waals surface area contributed by atoms with Crippen LogP contribution < -0.4 is 5.32 Å². The van der Waals surface area contributed by atoms with Crippen LogP contribution in [0, 0.1) is 0 Å². The number of carbonyl (C=O) groups is 2. The van der Waals surface area contributed by atoms with Gasteiger partial charge in [0.05, 0.1) is 19.6 Å². The molecule has 1 atom stereocenters. The first-order valence-corrected chi connectivity index (χ1v) is 6.58. The molecule has 1 rings (SSSR count). The highest BCUT2D eigenvalue weighted by atomic mass is 16.5. The number of amides is 1. The van der Waals surface area contributed by atoms with Gasteiger partial charge in [-0.2, -0.15) is 0 Å². The number of benzene rings is 1. The van der Waals surface area contributed by atoms with Crippen LogP contribution in [0.1, 0.15) is 25.3 Å². The van der Waals surface area contributed by atoms with Gasteiger partial charge >= 0.3 is 5.97 Å². The van der Waals surface area contributed by atoms with Crippen LogP contribution in [-0.4, -0.2) is 25.0 Å². The van der Waals surface area contributed by atoms with E-state index in [2.05, 4.69) is 16.6 Å². The number of hydrogen-bond acceptors (Lipinski definition) is 3. The topological polar surface area (TPSA) is 55.4 Å². The second-order valence-electron chi connectivity index (χ2n) is 4.73. The van der Waals surface area contributed by atoms with E-state index in [9.17, 15) is 9.59 Å². The van der Waals surface area contributed by atoms with Crippen molar-refractivity contribution < 1.29 is 14.3 Å². The zero-order valence-corrected chi connectivity index (χ0v) is 12.0. The van der Waals surface area contributed by atoms with Crippen LogP contribution in [0.25, 0.3) is 0 Å². The minimum atomic E-state index is -0.370. The smallest absolute Gasteiger partial charge is 0.307 e. The summed E-state index contributed by atoms with van der Waals surface area (Å²) in [4.78, 5) is 23.2. The molecule has 0 bridgehead atoms. The summed E-state index contributed by atoms with van der Waals surface area (Å²) in [6.07, 6.45) is 1.17. The number of hydrogen-bond donors (Lipinski definition) is 1.